The molecule has 0 unspecified atom stereocenters. The van der Waals surface area contributed by atoms with Gasteiger partial charge in [-0.05, 0) is 25.0 Å². The number of amides is 2. The van der Waals surface area contributed by atoms with E-state index in [1.807, 2.05) is 6.07 Å². The molecule has 6 nitrogen and oxygen atoms in total. The molecule has 0 radical (unpaired) electrons. The van der Waals surface area contributed by atoms with E-state index >= 15 is 0 Å². The van der Waals surface area contributed by atoms with Gasteiger partial charge in [-0.3, -0.25) is 0 Å². The van der Waals surface area contributed by atoms with Crippen molar-refractivity contribution >= 4 is 6.03 Å². The molecule has 2 aliphatic rings. The molecular weight excluding hydrogens is 296 g/mol. The maximum absolute atomic E-state index is 12.5. The van der Waals surface area contributed by atoms with E-state index in [-0.39, 0.29) is 18.6 Å². The summed E-state index contributed by atoms with van der Waals surface area (Å²) in [6.07, 6.45) is 3.63. The summed E-state index contributed by atoms with van der Waals surface area (Å²) < 4.78 is 10.7. The molecule has 1 aromatic rings. The zero-order valence-corrected chi connectivity index (χ0v) is 13.7. The second-order valence-corrected chi connectivity index (χ2v) is 6.19. The number of methoxy groups -OCH3 is 2. The molecule has 1 aromatic carbocycles. The highest BCUT2D eigenvalue weighted by Crippen LogP contribution is 2.39. The highest BCUT2D eigenvalue weighted by atomic mass is 16.5. The molecule has 1 atom stereocenters. The van der Waals surface area contributed by atoms with E-state index in [1.54, 1.807) is 25.2 Å². The fourth-order valence-electron chi connectivity index (χ4n) is 3.57. The van der Waals surface area contributed by atoms with Crippen molar-refractivity contribution in [3.8, 4) is 11.5 Å². The Bertz CT molecular complexity index is 584. The van der Waals surface area contributed by atoms with Gasteiger partial charge in [0.25, 0.3) is 0 Å². The fourth-order valence-corrected chi connectivity index (χ4v) is 3.57. The monoisotopic (exact) mass is 320 g/mol. The van der Waals surface area contributed by atoms with Crippen molar-refractivity contribution in [2.75, 3.05) is 20.8 Å². The minimum Gasteiger partial charge on any atom is -0.496 e. The van der Waals surface area contributed by atoms with Crippen molar-refractivity contribution in [1.29, 1.82) is 0 Å². The normalized spacial score (nSPS) is 21.0. The number of fused-ring (bicyclic) bond motifs is 1. The Morgan fingerprint density at radius 3 is 2.52 bits per heavy atom. The van der Waals surface area contributed by atoms with Gasteiger partial charge in [0.2, 0.25) is 0 Å². The van der Waals surface area contributed by atoms with E-state index in [9.17, 15) is 9.90 Å². The number of carbonyl (C=O) groups excluding carboxylic acids is 1. The first-order chi connectivity index (χ1) is 11.1. The number of β-amino-alcohol motifs (C(OH)–C–C–N with tert-alkyl or cyclic N) is 1. The summed E-state index contributed by atoms with van der Waals surface area (Å²) in [6, 6.07) is 3.73. The third-order valence-corrected chi connectivity index (χ3v) is 4.76. The van der Waals surface area contributed by atoms with E-state index in [2.05, 4.69) is 5.32 Å². The van der Waals surface area contributed by atoms with Gasteiger partial charge in [-0.15, -0.1) is 0 Å². The first-order valence-electron chi connectivity index (χ1n) is 8.11. The van der Waals surface area contributed by atoms with Crippen molar-refractivity contribution in [3.05, 3.63) is 23.3 Å². The summed E-state index contributed by atoms with van der Waals surface area (Å²) in [5.74, 6) is 1.29. The molecule has 6 heteroatoms. The van der Waals surface area contributed by atoms with Gasteiger partial charge in [-0.2, -0.15) is 0 Å². The summed E-state index contributed by atoms with van der Waals surface area (Å²) in [6.45, 7) is 0.667. The van der Waals surface area contributed by atoms with Gasteiger partial charge in [0.05, 0.1) is 27.3 Å². The first kappa shape index (κ1) is 15.9. The molecule has 0 spiro atoms. The minimum atomic E-state index is -0.780. The summed E-state index contributed by atoms with van der Waals surface area (Å²) in [5, 5.41) is 13.6. The lowest BCUT2D eigenvalue weighted by Gasteiger charge is -2.34. The van der Waals surface area contributed by atoms with Gasteiger partial charge in [0.15, 0.2) is 0 Å². The topological polar surface area (TPSA) is 71.0 Å². The zero-order chi connectivity index (χ0) is 16.4. The number of hydrogen-bond acceptors (Lipinski definition) is 4. The summed E-state index contributed by atoms with van der Waals surface area (Å²) in [7, 11) is 3.17. The second kappa shape index (κ2) is 6.66. The van der Waals surface area contributed by atoms with Gasteiger partial charge >= 0.3 is 6.03 Å². The van der Waals surface area contributed by atoms with Gasteiger partial charge in [-0.1, -0.05) is 12.8 Å². The average Bonchev–Trinajstić information content (AvgIpc) is 3.06. The number of aliphatic hydroxyl groups is 1. The lowest BCUT2D eigenvalue weighted by Crippen LogP contribution is -2.47. The molecular formula is C17H24N2O4. The van der Waals surface area contributed by atoms with Crippen LogP contribution in [-0.4, -0.2) is 42.8 Å². The quantitative estimate of drug-likeness (QED) is 0.896. The van der Waals surface area contributed by atoms with Crippen LogP contribution in [0.5, 0.6) is 11.5 Å². The van der Waals surface area contributed by atoms with Crippen LogP contribution >= 0.6 is 0 Å². The van der Waals surface area contributed by atoms with Crippen LogP contribution < -0.4 is 14.8 Å². The molecule has 3 rings (SSSR count). The summed E-state index contributed by atoms with van der Waals surface area (Å²) in [4.78, 5) is 14.1. The van der Waals surface area contributed by atoms with Gasteiger partial charge in [-0.25, -0.2) is 4.79 Å². The Labute approximate surface area is 136 Å². The van der Waals surface area contributed by atoms with Crippen LogP contribution in [0.4, 0.5) is 4.79 Å². The van der Waals surface area contributed by atoms with Crippen molar-refractivity contribution < 1.29 is 19.4 Å². The van der Waals surface area contributed by atoms with Crippen LogP contribution in [0.15, 0.2) is 12.1 Å². The molecule has 1 saturated carbocycles. The number of aliphatic hydroxyl groups excluding tert-OH is 1. The molecule has 0 bridgehead atoms. The second-order valence-electron chi connectivity index (χ2n) is 6.19. The Balaban J connectivity index is 1.82. The van der Waals surface area contributed by atoms with Gasteiger partial charge < -0.3 is 24.8 Å². The molecule has 2 amide bonds. The first-order valence-corrected chi connectivity index (χ1v) is 8.11. The maximum atomic E-state index is 12.5. The number of carbonyl (C=O) groups is 1. The zero-order valence-electron chi connectivity index (χ0n) is 13.7. The largest absolute Gasteiger partial charge is 0.496 e. The van der Waals surface area contributed by atoms with E-state index in [0.29, 0.717) is 18.0 Å². The van der Waals surface area contributed by atoms with E-state index < -0.39 is 6.10 Å². The minimum absolute atomic E-state index is 0.119. The molecule has 1 fully saturated rings. The molecule has 126 valence electrons. The van der Waals surface area contributed by atoms with Crippen LogP contribution in [0, 0.1) is 0 Å². The average molecular weight is 320 g/mol. The Morgan fingerprint density at radius 1 is 1.22 bits per heavy atom. The van der Waals surface area contributed by atoms with Gasteiger partial charge in [0.1, 0.15) is 17.6 Å². The van der Waals surface area contributed by atoms with E-state index in [1.165, 1.54) is 12.8 Å². The smallest absolute Gasteiger partial charge is 0.318 e. The lowest BCUT2D eigenvalue weighted by molar-refractivity contribution is 0.0995. The standard InChI is InChI=1S/C17H24N2O4/c1-22-14-7-8-15(23-2)16-12(14)9-19(10-13(16)20)17(21)18-11-5-3-4-6-11/h7-8,11,13,20H,3-6,9-10H2,1-2H3,(H,18,21)/t13-/m1/s1. The number of ether oxygens (including phenoxy) is 2. The highest BCUT2D eigenvalue weighted by Gasteiger charge is 2.32. The predicted octanol–water partition coefficient (Wildman–Crippen LogP) is 2.21. The molecule has 1 aliphatic heterocycles. The van der Waals surface area contributed by atoms with Crippen molar-refractivity contribution in [2.45, 2.75) is 44.4 Å². The number of nitrogens with zero attached hydrogens (tertiary/aromatic N) is 1. The number of benzene rings is 1. The fraction of sp³-hybridized carbons (Fsp3) is 0.588. The number of nitrogens with one attached hydrogen (secondary N) is 1. The van der Waals surface area contributed by atoms with Crippen LogP contribution in [0.1, 0.15) is 42.9 Å². The summed E-state index contributed by atoms with van der Waals surface area (Å²) >= 11 is 0. The molecule has 0 aromatic heterocycles. The SMILES string of the molecule is COc1ccc(OC)c2c1CN(C(=O)NC1CCCC1)C[C@H]2O. The van der Waals surface area contributed by atoms with Crippen molar-refractivity contribution in [3.63, 3.8) is 0 Å². The van der Waals surface area contributed by atoms with Crippen LogP contribution in [0.25, 0.3) is 0 Å². The number of urea groups is 1. The highest BCUT2D eigenvalue weighted by molar-refractivity contribution is 5.75. The van der Waals surface area contributed by atoms with E-state index in [4.69, 9.17) is 9.47 Å². The van der Waals surface area contributed by atoms with Gasteiger partial charge in [0, 0.05) is 17.2 Å². The van der Waals surface area contributed by atoms with Crippen LogP contribution in [-0.2, 0) is 6.54 Å². The van der Waals surface area contributed by atoms with Crippen LogP contribution in [0.3, 0.4) is 0 Å². The molecule has 2 N–H and O–H groups in total. The van der Waals surface area contributed by atoms with E-state index in [0.717, 1.165) is 24.0 Å². The number of rotatable bonds is 3. The molecule has 0 saturated heterocycles. The third kappa shape index (κ3) is 3.08. The Hall–Kier alpha value is -1.95. The Morgan fingerprint density at radius 2 is 1.87 bits per heavy atom. The third-order valence-electron chi connectivity index (χ3n) is 4.76. The predicted molar refractivity (Wildman–Crippen MR) is 85.7 cm³/mol. The number of hydrogen-bond donors (Lipinski definition) is 2. The maximum Gasteiger partial charge on any atom is 0.318 e. The van der Waals surface area contributed by atoms with Crippen molar-refractivity contribution in [1.82, 2.24) is 10.2 Å². The van der Waals surface area contributed by atoms with Crippen LogP contribution in [0.2, 0.25) is 0 Å². The molecule has 1 heterocycles. The Kier molecular flexibility index (Phi) is 4.61. The summed E-state index contributed by atoms with van der Waals surface area (Å²) in [5.41, 5.74) is 1.53. The molecule has 1 aliphatic carbocycles. The molecule has 23 heavy (non-hydrogen) atoms. The van der Waals surface area contributed by atoms with Crippen molar-refractivity contribution in [2.24, 2.45) is 0 Å². The lowest BCUT2D eigenvalue weighted by atomic mass is 9.95.